The second kappa shape index (κ2) is 10.4. The molecule has 2 aromatic carbocycles. The van der Waals surface area contributed by atoms with Crippen LogP contribution >= 0.6 is 0 Å². The van der Waals surface area contributed by atoms with Crippen LogP contribution in [0, 0.1) is 0 Å². The van der Waals surface area contributed by atoms with E-state index in [0.29, 0.717) is 18.7 Å². The number of hydrogen-bond donors (Lipinski definition) is 1. The second-order valence-electron chi connectivity index (χ2n) is 7.44. The second-order valence-corrected chi connectivity index (χ2v) is 7.44. The Morgan fingerprint density at radius 3 is 2.25 bits per heavy atom. The lowest BCUT2D eigenvalue weighted by Crippen LogP contribution is -2.35. The fraction of sp³-hybridized carbons (Fsp3) is 0.435. The monoisotopic (exact) mass is 382 g/mol. The van der Waals surface area contributed by atoms with E-state index in [1.807, 2.05) is 38.1 Å². The summed E-state index contributed by atoms with van der Waals surface area (Å²) in [5.41, 5.74) is 4.12. The first kappa shape index (κ1) is 20.5. The van der Waals surface area contributed by atoms with Crippen molar-refractivity contribution >= 4 is 5.91 Å². The molecule has 5 nitrogen and oxygen atoms in total. The van der Waals surface area contributed by atoms with Crippen LogP contribution in [0.15, 0.2) is 48.5 Å². The maximum absolute atomic E-state index is 12.4. The summed E-state index contributed by atoms with van der Waals surface area (Å²) in [7, 11) is 0. The van der Waals surface area contributed by atoms with Crippen LogP contribution in [0.1, 0.15) is 40.9 Å². The Morgan fingerprint density at radius 1 is 1.00 bits per heavy atom. The van der Waals surface area contributed by atoms with Gasteiger partial charge >= 0.3 is 0 Å². The zero-order chi connectivity index (χ0) is 19.8. The number of carbonyl (C=O) groups excluding carboxylic acids is 1. The van der Waals surface area contributed by atoms with Gasteiger partial charge in [0.2, 0.25) is 0 Å². The smallest absolute Gasteiger partial charge is 0.251 e. The number of nitrogens with zero attached hydrogens (tertiary/aromatic N) is 1. The van der Waals surface area contributed by atoms with Crippen molar-refractivity contribution in [1.29, 1.82) is 0 Å². The molecule has 2 aromatic rings. The molecule has 0 aromatic heterocycles. The van der Waals surface area contributed by atoms with Crippen molar-refractivity contribution in [2.24, 2.45) is 0 Å². The van der Waals surface area contributed by atoms with Crippen LogP contribution in [0.2, 0.25) is 0 Å². The molecule has 28 heavy (non-hydrogen) atoms. The molecule has 1 aliphatic heterocycles. The van der Waals surface area contributed by atoms with Gasteiger partial charge in [-0.15, -0.1) is 0 Å². The van der Waals surface area contributed by atoms with E-state index in [2.05, 4.69) is 34.5 Å². The molecular weight excluding hydrogens is 352 g/mol. The Bertz CT molecular complexity index is 735. The van der Waals surface area contributed by atoms with Crippen molar-refractivity contribution in [3.05, 3.63) is 70.8 Å². The first-order valence-electron chi connectivity index (χ1n) is 9.97. The van der Waals surface area contributed by atoms with Crippen molar-refractivity contribution in [2.45, 2.75) is 39.6 Å². The lowest BCUT2D eigenvalue weighted by atomic mass is 10.1. The molecule has 1 aliphatic rings. The molecule has 1 fully saturated rings. The molecule has 0 radical (unpaired) electrons. The SMILES string of the molecule is CC(C)OCc1ccc(C(=O)NCc2ccc(CN3CCOCC3)cc2)cc1. The largest absolute Gasteiger partial charge is 0.379 e. The van der Waals surface area contributed by atoms with Crippen molar-refractivity contribution in [1.82, 2.24) is 10.2 Å². The molecule has 5 heteroatoms. The normalized spacial score (nSPS) is 15.0. The minimum Gasteiger partial charge on any atom is -0.379 e. The molecule has 0 saturated carbocycles. The van der Waals surface area contributed by atoms with Gasteiger partial charge in [-0.2, -0.15) is 0 Å². The third-order valence-electron chi connectivity index (χ3n) is 4.79. The summed E-state index contributed by atoms with van der Waals surface area (Å²) in [6.07, 6.45) is 0.197. The van der Waals surface area contributed by atoms with Gasteiger partial charge in [0.25, 0.3) is 5.91 Å². The van der Waals surface area contributed by atoms with E-state index >= 15 is 0 Å². The third-order valence-corrected chi connectivity index (χ3v) is 4.79. The van der Waals surface area contributed by atoms with Crippen LogP contribution in [0.5, 0.6) is 0 Å². The third kappa shape index (κ3) is 6.44. The zero-order valence-corrected chi connectivity index (χ0v) is 16.8. The van der Waals surface area contributed by atoms with Crippen LogP contribution in [0.3, 0.4) is 0 Å². The Labute approximate surface area is 167 Å². The minimum atomic E-state index is -0.0614. The summed E-state index contributed by atoms with van der Waals surface area (Å²) >= 11 is 0. The zero-order valence-electron chi connectivity index (χ0n) is 16.8. The van der Waals surface area contributed by atoms with Gasteiger partial charge in [-0.25, -0.2) is 0 Å². The van der Waals surface area contributed by atoms with E-state index < -0.39 is 0 Å². The Hall–Kier alpha value is -2.21. The fourth-order valence-electron chi connectivity index (χ4n) is 3.08. The van der Waals surface area contributed by atoms with Crippen molar-refractivity contribution in [3.63, 3.8) is 0 Å². The molecule has 0 unspecified atom stereocenters. The maximum Gasteiger partial charge on any atom is 0.251 e. The summed E-state index contributed by atoms with van der Waals surface area (Å²) in [5.74, 6) is -0.0614. The minimum absolute atomic E-state index is 0.0614. The van der Waals surface area contributed by atoms with Crippen molar-refractivity contribution in [3.8, 4) is 0 Å². The van der Waals surface area contributed by atoms with E-state index in [4.69, 9.17) is 9.47 Å². The molecule has 0 bridgehead atoms. The van der Waals surface area contributed by atoms with Crippen LogP contribution < -0.4 is 5.32 Å². The molecule has 3 rings (SSSR count). The van der Waals surface area contributed by atoms with Crippen LogP contribution in [0.25, 0.3) is 0 Å². The first-order valence-corrected chi connectivity index (χ1v) is 9.97. The van der Waals surface area contributed by atoms with Gasteiger partial charge in [0.15, 0.2) is 0 Å². The highest BCUT2D eigenvalue weighted by atomic mass is 16.5. The van der Waals surface area contributed by atoms with Gasteiger partial charge < -0.3 is 14.8 Å². The number of carbonyl (C=O) groups is 1. The number of ether oxygens (including phenoxy) is 2. The quantitative estimate of drug-likeness (QED) is 0.761. The number of morpholine rings is 1. The molecule has 0 aliphatic carbocycles. The van der Waals surface area contributed by atoms with Gasteiger partial charge in [-0.1, -0.05) is 36.4 Å². The first-order chi connectivity index (χ1) is 13.6. The highest BCUT2D eigenvalue weighted by Gasteiger charge is 2.11. The van der Waals surface area contributed by atoms with Crippen LogP contribution in [-0.4, -0.2) is 43.2 Å². The molecule has 1 saturated heterocycles. The predicted octanol–water partition coefficient (Wildman–Crippen LogP) is 3.37. The van der Waals surface area contributed by atoms with Gasteiger partial charge in [0.05, 0.1) is 25.9 Å². The summed E-state index contributed by atoms with van der Waals surface area (Å²) < 4.78 is 11.0. The average Bonchev–Trinajstić information content (AvgIpc) is 2.72. The topological polar surface area (TPSA) is 50.8 Å². The van der Waals surface area contributed by atoms with E-state index in [-0.39, 0.29) is 12.0 Å². The average molecular weight is 383 g/mol. The summed E-state index contributed by atoms with van der Waals surface area (Å²) in [6.45, 7) is 9.66. The highest BCUT2D eigenvalue weighted by Crippen LogP contribution is 2.10. The Balaban J connectivity index is 1.46. The summed E-state index contributed by atoms with van der Waals surface area (Å²) in [4.78, 5) is 14.8. The Kier molecular flexibility index (Phi) is 7.60. The number of benzene rings is 2. The molecule has 0 spiro atoms. The van der Waals surface area contributed by atoms with Crippen LogP contribution in [-0.2, 0) is 29.2 Å². The number of hydrogen-bond acceptors (Lipinski definition) is 4. The number of amides is 1. The highest BCUT2D eigenvalue weighted by molar-refractivity contribution is 5.94. The predicted molar refractivity (Wildman–Crippen MR) is 110 cm³/mol. The van der Waals surface area contributed by atoms with E-state index in [9.17, 15) is 4.79 Å². The number of rotatable bonds is 8. The summed E-state index contributed by atoms with van der Waals surface area (Å²) in [5, 5.41) is 2.99. The molecule has 1 amide bonds. The van der Waals surface area contributed by atoms with Gasteiger partial charge in [0, 0.05) is 31.7 Å². The van der Waals surface area contributed by atoms with Crippen molar-refractivity contribution in [2.75, 3.05) is 26.3 Å². The Morgan fingerprint density at radius 2 is 1.61 bits per heavy atom. The van der Waals surface area contributed by atoms with Gasteiger partial charge in [0.1, 0.15) is 0 Å². The lowest BCUT2D eigenvalue weighted by Gasteiger charge is -2.26. The van der Waals surface area contributed by atoms with E-state index in [0.717, 1.165) is 44.0 Å². The molecular formula is C23H30N2O3. The maximum atomic E-state index is 12.4. The lowest BCUT2D eigenvalue weighted by molar-refractivity contribution is 0.0342. The summed E-state index contributed by atoms with van der Waals surface area (Å²) in [6, 6.07) is 16.0. The molecule has 0 atom stereocenters. The fourth-order valence-corrected chi connectivity index (χ4v) is 3.08. The number of nitrogens with one attached hydrogen (secondary N) is 1. The molecule has 150 valence electrons. The van der Waals surface area contributed by atoms with Gasteiger partial charge in [-0.3, -0.25) is 9.69 Å². The molecule has 1 heterocycles. The van der Waals surface area contributed by atoms with E-state index in [1.54, 1.807) is 0 Å². The van der Waals surface area contributed by atoms with E-state index in [1.165, 1.54) is 5.56 Å². The standard InChI is InChI=1S/C23H30N2O3/c1-18(2)28-17-21-7-9-22(10-8-21)23(26)24-15-19-3-5-20(6-4-19)16-25-11-13-27-14-12-25/h3-10,18H,11-17H2,1-2H3,(H,24,26). The van der Waals surface area contributed by atoms with Crippen molar-refractivity contribution < 1.29 is 14.3 Å². The van der Waals surface area contributed by atoms with Gasteiger partial charge in [-0.05, 0) is 42.7 Å². The molecule has 1 N–H and O–H groups in total. The van der Waals surface area contributed by atoms with Crippen LogP contribution in [0.4, 0.5) is 0 Å².